The third kappa shape index (κ3) is 5.81. The number of fused-ring (bicyclic) bond motifs is 1. The number of ether oxygens (including phenoxy) is 2. The van der Waals surface area contributed by atoms with E-state index in [9.17, 15) is 13.9 Å². The maximum absolute atomic E-state index is 13.9. The van der Waals surface area contributed by atoms with Gasteiger partial charge in [-0.3, -0.25) is 0 Å². The van der Waals surface area contributed by atoms with Crippen molar-refractivity contribution in [2.75, 3.05) is 24.1 Å². The zero-order valence-corrected chi connectivity index (χ0v) is 20.2. The van der Waals surface area contributed by atoms with E-state index >= 15 is 0 Å². The fourth-order valence-electron chi connectivity index (χ4n) is 4.51. The highest BCUT2D eigenvalue weighted by Crippen LogP contribution is 2.42. The second-order valence-corrected chi connectivity index (χ2v) is 10.1. The van der Waals surface area contributed by atoms with Gasteiger partial charge in [-0.15, -0.1) is 0 Å². The summed E-state index contributed by atoms with van der Waals surface area (Å²) in [4.78, 5) is 0.994. The molecule has 2 aliphatic rings. The number of aliphatic hydroxyl groups is 1. The first-order chi connectivity index (χ1) is 15.9. The van der Waals surface area contributed by atoms with Gasteiger partial charge >= 0.3 is 0 Å². The molecular formula is C26H33F2NO3S. The normalized spacial score (nSPS) is 19.4. The van der Waals surface area contributed by atoms with Gasteiger partial charge in [0.2, 0.25) is 0 Å². The Morgan fingerprint density at radius 2 is 1.94 bits per heavy atom. The van der Waals surface area contributed by atoms with Crippen LogP contribution in [-0.2, 0) is 23.7 Å². The van der Waals surface area contributed by atoms with Crippen LogP contribution in [0.3, 0.4) is 0 Å². The molecule has 1 saturated heterocycles. The summed E-state index contributed by atoms with van der Waals surface area (Å²) >= 11 is 1.60. The molecule has 0 bridgehead atoms. The Morgan fingerprint density at radius 3 is 2.64 bits per heavy atom. The van der Waals surface area contributed by atoms with E-state index in [0.717, 1.165) is 74.0 Å². The monoisotopic (exact) mass is 477 g/mol. The van der Waals surface area contributed by atoms with Gasteiger partial charge in [-0.25, -0.2) is 8.78 Å². The van der Waals surface area contributed by atoms with Crippen LogP contribution in [-0.4, -0.2) is 31.0 Å². The highest BCUT2D eigenvalue weighted by Gasteiger charge is 2.30. The zero-order valence-electron chi connectivity index (χ0n) is 19.4. The number of alkyl halides is 2. The number of hydrogen-bond donors (Lipinski definition) is 1. The standard InChI is InChI=1S/C26H33F2NO3S/c1-3-22-6-4-19-14-21(26(2,27)28)5-8-24(19)29(22)33-23-7-9-25(20(15-23)16-30)32-17-18-10-12-31-13-11-18/h5,7-9,14-15,18,22,30H,3-4,6,10-13,16-17H2,1-2H3/t22-/m1/s1. The van der Waals surface area contributed by atoms with Crippen LogP contribution in [0, 0.1) is 5.92 Å². The highest BCUT2D eigenvalue weighted by molar-refractivity contribution is 8.00. The van der Waals surface area contributed by atoms with E-state index in [4.69, 9.17) is 9.47 Å². The summed E-state index contributed by atoms with van der Waals surface area (Å²) in [6.07, 6.45) is 4.70. The van der Waals surface area contributed by atoms with Crippen LogP contribution in [0.2, 0.25) is 0 Å². The van der Waals surface area contributed by atoms with Crippen molar-refractivity contribution in [1.82, 2.24) is 0 Å². The molecule has 0 radical (unpaired) electrons. The molecule has 7 heteroatoms. The predicted molar refractivity (Wildman–Crippen MR) is 128 cm³/mol. The Balaban J connectivity index is 1.52. The van der Waals surface area contributed by atoms with Crippen molar-refractivity contribution in [1.29, 1.82) is 0 Å². The number of nitrogens with zero attached hydrogens (tertiary/aromatic N) is 1. The fraction of sp³-hybridized carbons (Fsp3) is 0.538. The molecule has 1 fully saturated rings. The number of aryl methyl sites for hydroxylation is 1. The lowest BCUT2D eigenvalue weighted by Gasteiger charge is -2.38. The minimum Gasteiger partial charge on any atom is -0.493 e. The molecule has 0 aliphatic carbocycles. The molecule has 33 heavy (non-hydrogen) atoms. The molecule has 2 heterocycles. The van der Waals surface area contributed by atoms with E-state index in [0.29, 0.717) is 24.3 Å². The van der Waals surface area contributed by atoms with Gasteiger partial charge in [-0.2, -0.15) is 0 Å². The number of benzene rings is 2. The van der Waals surface area contributed by atoms with E-state index in [1.807, 2.05) is 24.3 Å². The molecular weight excluding hydrogens is 444 g/mol. The summed E-state index contributed by atoms with van der Waals surface area (Å²) in [5.41, 5.74) is 2.79. The van der Waals surface area contributed by atoms with Crippen molar-refractivity contribution in [3.05, 3.63) is 53.1 Å². The van der Waals surface area contributed by atoms with E-state index in [2.05, 4.69) is 11.2 Å². The van der Waals surface area contributed by atoms with Crippen LogP contribution in [0.4, 0.5) is 14.5 Å². The topological polar surface area (TPSA) is 41.9 Å². The summed E-state index contributed by atoms with van der Waals surface area (Å²) in [7, 11) is 0. The smallest absolute Gasteiger partial charge is 0.270 e. The Hall–Kier alpha value is -1.83. The SMILES string of the molecule is CC[C@@H]1CCc2cc(C(C)(F)F)ccc2N1Sc1ccc(OCC2CCOCC2)c(CO)c1. The number of hydrogen-bond acceptors (Lipinski definition) is 5. The van der Waals surface area contributed by atoms with Crippen molar-refractivity contribution in [3.63, 3.8) is 0 Å². The van der Waals surface area contributed by atoms with Crippen LogP contribution in [0.1, 0.15) is 56.2 Å². The molecule has 0 unspecified atom stereocenters. The zero-order chi connectivity index (χ0) is 23.4. The van der Waals surface area contributed by atoms with E-state index in [1.54, 1.807) is 18.0 Å². The maximum atomic E-state index is 13.9. The predicted octanol–water partition coefficient (Wildman–Crippen LogP) is 6.33. The second kappa shape index (κ2) is 10.6. The van der Waals surface area contributed by atoms with Gasteiger partial charge in [0, 0.05) is 42.2 Å². The van der Waals surface area contributed by atoms with Gasteiger partial charge in [-0.05, 0) is 85.9 Å². The summed E-state index contributed by atoms with van der Waals surface area (Å²) in [6, 6.07) is 11.3. The molecule has 2 aromatic carbocycles. The first-order valence-electron chi connectivity index (χ1n) is 11.8. The summed E-state index contributed by atoms with van der Waals surface area (Å²) < 4.78 is 41.4. The van der Waals surface area contributed by atoms with E-state index in [-0.39, 0.29) is 12.2 Å². The molecule has 4 nitrogen and oxygen atoms in total. The van der Waals surface area contributed by atoms with Crippen LogP contribution in [0.15, 0.2) is 41.3 Å². The summed E-state index contributed by atoms with van der Waals surface area (Å²) in [5.74, 6) is -1.64. The average Bonchev–Trinajstić information content (AvgIpc) is 2.83. The lowest BCUT2D eigenvalue weighted by molar-refractivity contribution is 0.0174. The van der Waals surface area contributed by atoms with Gasteiger partial charge < -0.3 is 18.9 Å². The lowest BCUT2D eigenvalue weighted by Crippen LogP contribution is -2.33. The number of rotatable bonds is 8. The van der Waals surface area contributed by atoms with Crippen LogP contribution in [0.25, 0.3) is 0 Å². The molecule has 2 aromatic rings. The lowest BCUT2D eigenvalue weighted by atomic mass is 9.94. The van der Waals surface area contributed by atoms with E-state index < -0.39 is 5.92 Å². The number of anilines is 1. The summed E-state index contributed by atoms with van der Waals surface area (Å²) in [6.45, 7) is 5.20. The average molecular weight is 478 g/mol. The minimum absolute atomic E-state index is 0.0646. The highest BCUT2D eigenvalue weighted by atomic mass is 32.2. The first-order valence-corrected chi connectivity index (χ1v) is 12.6. The maximum Gasteiger partial charge on any atom is 0.270 e. The molecule has 4 rings (SSSR count). The molecule has 2 aliphatic heterocycles. The molecule has 1 N–H and O–H groups in total. The molecule has 0 saturated carbocycles. The molecule has 1 atom stereocenters. The third-order valence-corrected chi connectivity index (χ3v) is 7.75. The van der Waals surface area contributed by atoms with Crippen LogP contribution in [0.5, 0.6) is 5.75 Å². The Morgan fingerprint density at radius 1 is 1.15 bits per heavy atom. The van der Waals surface area contributed by atoms with Crippen LogP contribution < -0.4 is 9.04 Å². The molecule has 0 amide bonds. The van der Waals surface area contributed by atoms with Crippen LogP contribution >= 0.6 is 11.9 Å². The van der Waals surface area contributed by atoms with Gasteiger partial charge in [0.05, 0.1) is 18.9 Å². The fourth-order valence-corrected chi connectivity index (χ4v) is 5.75. The summed E-state index contributed by atoms with van der Waals surface area (Å²) in [5, 5.41) is 9.95. The van der Waals surface area contributed by atoms with Crippen molar-refractivity contribution in [3.8, 4) is 5.75 Å². The van der Waals surface area contributed by atoms with Crippen molar-refractivity contribution < 1.29 is 23.4 Å². The van der Waals surface area contributed by atoms with Gasteiger partial charge in [-0.1, -0.05) is 13.0 Å². The van der Waals surface area contributed by atoms with Gasteiger partial charge in [0.1, 0.15) is 5.75 Å². The third-order valence-electron chi connectivity index (χ3n) is 6.60. The Bertz CT molecular complexity index is 944. The van der Waals surface area contributed by atoms with E-state index in [1.165, 1.54) is 6.07 Å². The minimum atomic E-state index is -2.84. The Kier molecular flexibility index (Phi) is 7.82. The van der Waals surface area contributed by atoms with Crippen molar-refractivity contribution >= 4 is 17.6 Å². The first kappa shape index (κ1) is 24.3. The van der Waals surface area contributed by atoms with Crippen molar-refractivity contribution in [2.24, 2.45) is 5.92 Å². The largest absolute Gasteiger partial charge is 0.493 e. The van der Waals surface area contributed by atoms with Gasteiger partial charge in [0.15, 0.2) is 0 Å². The quantitative estimate of drug-likeness (QED) is 0.450. The molecule has 0 spiro atoms. The number of aliphatic hydroxyl groups excluding tert-OH is 1. The Labute approximate surface area is 199 Å². The second-order valence-electron chi connectivity index (χ2n) is 9.04. The molecule has 180 valence electrons. The number of halogens is 2. The van der Waals surface area contributed by atoms with Crippen molar-refractivity contribution in [2.45, 2.75) is 69.4 Å². The van der Waals surface area contributed by atoms with Gasteiger partial charge in [0.25, 0.3) is 5.92 Å². The molecule has 0 aromatic heterocycles.